The molecule has 3 amide bonds. The number of nitrogens with one attached hydrogen (secondary N) is 2. The second-order valence-electron chi connectivity index (χ2n) is 8.45. The average molecular weight is 478 g/mol. The van der Waals surface area contributed by atoms with Gasteiger partial charge in [-0.1, -0.05) is 24.3 Å². The lowest BCUT2D eigenvalue weighted by molar-refractivity contribution is -0.117. The van der Waals surface area contributed by atoms with Crippen LogP contribution < -0.4 is 15.5 Å². The molecule has 0 spiro atoms. The third kappa shape index (κ3) is 5.31. The van der Waals surface area contributed by atoms with E-state index in [0.717, 1.165) is 22.7 Å². The zero-order chi connectivity index (χ0) is 24.2. The number of rotatable bonds is 7. The fraction of sp³-hybridized carbons (Fsp3) is 0.320. The van der Waals surface area contributed by atoms with Crippen LogP contribution in [0.1, 0.15) is 58.6 Å². The molecular formula is C25H27N5O3S. The summed E-state index contributed by atoms with van der Waals surface area (Å²) in [6.07, 6.45) is 1.59. The summed E-state index contributed by atoms with van der Waals surface area (Å²) in [6, 6.07) is 12.7. The van der Waals surface area contributed by atoms with Crippen molar-refractivity contribution in [3.05, 3.63) is 64.2 Å². The Labute approximate surface area is 202 Å². The summed E-state index contributed by atoms with van der Waals surface area (Å²) in [5.41, 5.74) is 4.32. The number of carbonyl (C=O) groups is 3. The molecule has 0 radical (unpaired) electrons. The lowest BCUT2D eigenvalue weighted by atomic mass is 10.1. The first-order chi connectivity index (χ1) is 16.3. The van der Waals surface area contributed by atoms with E-state index in [2.05, 4.69) is 20.8 Å². The Morgan fingerprint density at radius 2 is 1.82 bits per heavy atom. The van der Waals surface area contributed by atoms with Crippen molar-refractivity contribution in [2.24, 2.45) is 0 Å². The molecule has 1 unspecified atom stereocenters. The third-order valence-electron chi connectivity index (χ3n) is 5.85. The van der Waals surface area contributed by atoms with Crippen molar-refractivity contribution in [3.8, 4) is 0 Å². The van der Waals surface area contributed by atoms with Crippen molar-refractivity contribution in [3.63, 3.8) is 0 Å². The molecule has 1 atom stereocenters. The Hall–Kier alpha value is -3.59. The highest BCUT2D eigenvalue weighted by Crippen LogP contribution is 2.34. The average Bonchev–Trinajstić information content (AvgIpc) is 3.43. The van der Waals surface area contributed by atoms with Crippen molar-refractivity contribution in [2.75, 3.05) is 22.1 Å². The summed E-state index contributed by atoms with van der Waals surface area (Å²) in [7, 11) is 0. The van der Waals surface area contributed by atoms with Gasteiger partial charge in [0.05, 0.1) is 0 Å². The standard InChI is InChI=1S/C25H27N5O3S/c1-4-5-21(31)26-19-9-7-17(8-10-19)23(33)27-25-29-28-24(34-25)18-13-22(32)30(14-18)20-11-6-15(2)16(3)12-20/h6-12,18H,4-5,13-14H2,1-3H3,(H,26,31)(H,27,29,33). The van der Waals surface area contributed by atoms with Gasteiger partial charge in [0.2, 0.25) is 16.9 Å². The van der Waals surface area contributed by atoms with E-state index in [-0.39, 0.29) is 23.6 Å². The summed E-state index contributed by atoms with van der Waals surface area (Å²) >= 11 is 1.28. The van der Waals surface area contributed by atoms with Gasteiger partial charge in [-0.15, -0.1) is 10.2 Å². The van der Waals surface area contributed by atoms with Gasteiger partial charge in [0, 0.05) is 42.2 Å². The van der Waals surface area contributed by atoms with Crippen LogP contribution in [0.25, 0.3) is 0 Å². The molecule has 2 aromatic carbocycles. The number of benzene rings is 2. The molecule has 176 valence electrons. The highest BCUT2D eigenvalue weighted by atomic mass is 32.1. The van der Waals surface area contributed by atoms with Crippen LogP contribution in [0.2, 0.25) is 0 Å². The largest absolute Gasteiger partial charge is 0.326 e. The van der Waals surface area contributed by atoms with Crippen LogP contribution in [0.15, 0.2) is 42.5 Å². The van der Waals surface area contributed by atoms with Crippen molar-refractivity contribution in [1.82, 2.24) is 10.2 Å². The van der Waals surface area contributed by atoms with Gasteiger partial charge in [0.1, 0.15) is 5.01 Å². The molecule has 9 heteroatoms. The Morgan fingerprint density at radius 3 is 2.53 bits per heavy atom. The van der Waals surface area contributed by atoms with Crippen LogP contribution in [0.5, 0.6) is 0 Å². The van der Waals surface area contributed by atoms with Crippen molar-refractivity contribution in [1.29, 1.82) is 0 Å². The first-order valence-electron chi connectivity index (χ1n) is 11.3. The summed E-state index contributed by atoms with van der Waals surface area (Å²) in [4.78, 5) is 38.7. The van der Waals surface area contributed by atoms with Gasteiger partial charge >= 0.3 is 0 Å². The first-order valence-corrected chi connectivity index (χ1v) is 12.1. The normalized spacial score (nSPS) is 15.4. The van der Waals surface area contributed by atoms with Gasteiger partial charge in [-0.05, 0) is 67.8 Å². The number of hydrogen-bond acceptors (Lipinski definition) is 6. The SMILES string of the molecule is CCCC(=O)Nc1ccc(C(=O)Nc2nnc(C3CC(=O)N(c4ccc(C)c(C)c4)C3)s2)cc1. The maximum atomic E-state index is 12.6. The number of amides is 3. The second kappa shape index (κ2) is 10.1. The minimum absolute atomic E-state index is 0.0532. The van der Waals surface area contributed by atoms with E-state index in [1.807, 2.05) is 39.0 Å². The third-order valence-corrected chi connectivity index (χ3v) is 6.85. The molecule has 1 aromatic heterocycles. The molecule has 0 bridgehead atoms. The lowest BCUT2D eigenvalue weighted by Crippen LogP contribution is -2.24. The second-order valence-corrected chi connectivity index (χ2v) is 9.46. The van der Waals surface area contributed by atoms with Gasteiger partial charge < -0.3 is 10.2 Å². The molecule has 3 aromatic rings. The summed E-state index contributed by atoms with van der Waals surface area (Å²) < 4.78 is 0. The van der Waals surface area contributed by atoms with Crippen LogP contribution in [0.3, 0.4) is 0 Å². The Morgan fingerprint density at radius 1 is 1.06 bits per heavy atom. The fourth-order valence-electron chi connectivity index (χ4n) is 3.79. The van der Waals surface area contributed by atoms with Gasteiger partial charge in [0.15, 0.2) is 0 Å². The van der Waals surface area contributed by atoms with E-state index in [1.165, 1.54) is 16.9 Å². The van der Waals surface area contributed by atoms with Crippen LogP contribution in [0, 0.1) is 13.8 Å². The van der Waals surface area contributed by atoms with E-state index >= 15 is 0 Å². The van der Waals surface area contributed by atoms with Crippen molar-refractivity contribution >= 4 is 45.6 Å². The minimum Gasteiger partial charge on any atom is -0.326 e. The number of aryl methyl sites for hydroxylation is 2. The number of anilines is 3. The van der Waals surface area contributed by atoms with Crippen LogP contribution in [-0.2, 0) is 9.59 Å². The molecule has 2 N–H and O–H groups in total. The maximum Gasteiger partial charge on any atom is 0.257 e. The van der Waals surface area contributed by atoms with Gasteiger partial charge in [-0.3, -0.25) is 19.7 Å². The molecule has 1 saturated heterocycles. The van der Waals surface area contributed by atoms with Crippen LogP contribution in [-0.4, -0.2) is 34.5 Å². The maximum absolute atomic E-state index is 12.6. The summed E-state index contributed by atoms with van der Waals surface area (Å²) in [6.45, 7) is 6.56. The zero-order valence-corrected chi connectivity index (χ0v) is 20.2. The molecule has 4 rings (SSSR count). The Kier molecular flexibility index (Phi) is 7.02. The molecule has 0 aliphatic carbocycles. The van der Waals surface area contributed by atoms with E-state index in [0.29, 0.717) is 35.8 Å². The lowest BCUT2D eigenvalue weighted by Gasteiger charge is -2.17. The molecule has 34 heavy (non-hydrogen) atoms. The van der Waals surface area contributed by atoms with Gasteiger partial charge in [0.25, 0.3) is 5.91 Å². The quantitative estimate of drug-likeness (QED) is 0.515. The van der Waals surface area contributed by atoms with Crippen LogP contribution >= 0.6 is 11.3 Å². The number of hydrogen-bond donors (Lipinski definition) is 2. The molecule has 0 saturated carbocycles. The molecule has 1 aliphatic heterocycles. The van der Waals surface area contributed by atoms with E-state index in [9.17, 15) is 14.4 Å². The predicted molar refractivity (Wildman–Crippen MR) is 133 cm³/mol. The van der Waals surface area contributed by atoms with Crippen molar-refractivity contribution in [2.45, 2.75) is 46.0 Å². The molecule has 8 nitrogen and oxygen atoms in total. The van der Waals surface area contributed by atoms with E-state index < -0.39 is 0 Å². The monoisotopic (exact) mass is 477 g/mol. The number of carbonyl (C=O) groups excluding carboxylic acids is 3. The van der Waals surface area contributed by atoms with Gasteiger partial charge in [-0.25, -0.2) is 0 Å². The first kappa shape index (κ1) is 23.6. The molecule has 2 heterocycles. The highest BCUT2D eigenvalue weighted by Gasteiger charge is 2.34. The molecular weight excluding hydrogens is 450 g/mol. The van der Waals surface area contributed by atoms with E-state index in [1.54, 1.807) is 29.2 Å². The Bertz CT molecular complexity index is 1220. The fourth-order valence-corrected chi connectivity index (χ4v) is 4.62. The molecule has 1 aliphatic rings. The topological polar surface area (TPSA) is 104 Å². The Balaban J connectivity index is 1.38. The van der Waals surface area contributed by atoms with Gasteiger partial charge in [-0.2, -0.15) is 0 Å². The summed E-state index contributed by atoms with van der Waals surface area (Å²) in [5, 5.41) is 15.0. The minimum atomic E-state index is -0.312. The molecule has 1 fully saturated rings. The van der Waals surface area contributed by atoms with E-state index in [4.69, 9.17) is 0 Å². The highest BCUT2D eigenvalue weighted by molar-refractivity contribution is 7.15. The number of nitrogens with zero attached hydrogens (tertiary/aromatic N) is 3. The smallest absolute Gasteiger partial charge is 0.257 e. The predicted octanol–water partition coefficient (Wildman–Crippen LogP) is 4.67. The zero-order valence-electron chi connectivity index (χ0n) is 19.4. The van der Waals surface area contributed by atoms with Crippen LogP contribution in [0.4, 0.5) is 16.5 Å². The summed E-state index contributed by atoms with van der Waals surface area (Å²) in [5.74, 6) is -0.376. The van der Waals surface area contributed by atoms with Crippen molar-refractivity contribution < 1.29 is 14.4 Å². The number of aromatic nitrogens is 2.